The molecule has 6 heteroatoms. The normalized spacial score (nSPS) is 12.4. The van der Waals surface area contributed by atoms with Crippen LogP contribution in [0.2, 0.25) is 0 Å². The second kappa shape index (κ2) is 6.15. The highest BCUT2D eigenvalue weighted by atomic mass is 16.5. The van der Waals surface area contributed by atoms with E-state index >= 15 is 0 Å². The summed E-state index contributed by atoms with van der Waals surface area (Å²) in [4.78, 5) is 7.79. The maximum atomic E-state index is 8.84. The molecule has 1 unspecified atom stereocenters. The SMILES string of the molecule is COCC(CCO)Nc1cc(N)ncn1. The van der Waals surface area contributed by atoms with Crippen molar-refractivity contribution < 1.29 is 9.84 Å². The molecule has 0 spiro atoms. The van der Waals surface area contributed by atoms with Gasteiger partial charge in [-0.2, -0.15) is 0 Å². The molecule has 0 radical (unpaired) electrons. The first-order chi connectivity index (χ1) is 7.26. The lowest BCUT2D eigenvalue weighted by molar-refractivity contribution is 0.170. The van der Waals surface area contributed by atoms with Crippen LogP contribution in [0.4, 0.5) is 11.6 Å². The Balaban J connectivity index is 2.56. The summed E-state index contributed by atoms with van der Waals surface area (Å²) in [5.41, 5.74) is 5.51. The Kier molecular flexibility index (Phi) is 4.79. The third kappa shape index (κ3) is 4.09. The Morgan fingerprint density at radius 2 is 2.40 bits per heavy atom. The zero-order valence-electron chi connectivity index (χ0n) is 8.68. The molecule has 6 nitrogen and oxygen atoms in total. The minimum absolute atomic E-state index is 0.0225. The van der Waals surface area contributed by atoms with Gasteiger partial charge in [0.25, 0.3) is 0 Å². The van der Waals surface area contributed by atoms with Crippen LogP contribution in [0.5, 0.6) is 0 Å². The van der Waals surface area contributed by atoms with Crippen LogP contribution in [0.15, 0.2) is 12.4 Å². The summed E-state index contributed by atoms with van der Waals surface area (Å²) in [6.45, 7) is 0.603. The first-order valence-electron chi connectivity index (χ1n) is 4.70. The van der Waals surface area contributed by atoms with Gasteiger partial charge in [0.1, 0.15) is 18.0 Å². The summed E-state index contributed by atoms with van der Waals surface area (Å²) >= 11 is 0. The van der Waals surface area contributed by atoms with E-state index in [1.807, 2.05) is 0 Å². The topological polar surface area (TPSA) is 93.3 Å². The van der Waals surface area contributed by atoms with Gasteiger partial charge >= 0.3 is 0 Å². The first-order valence-corrected chi connectivity index (χ1v) is 4.70. The van der Waals surface area contributed by atoms with Crippen LogP contribution in [0.3, 0.4) is 0 Å². The summed E-state index contributed by atoms with van der Waals surface area (Å²) < 4.78 is 5.01. The lowest BCUT2D eigenvalue weighted by Gasteiger charge is -2.17. The van der Waals surface area contributed by atoms with Gasteiger partial charge in [-0.25, -0.2) is 9.97 Å². The maximum Gasteiger partial charge on any atom is 0.131 e. The second-order valence-electron chi connectivity index (χ2n) is 3.14. The predicted octanol–water partition coefficient (Wildman–Crippen LogP) is -0.132. The smallest absolute Gasteiger partial charge is 0.131 e. The van der Waals surface area contributed by atoms with Crippen LogP contribution in [-0.4, -0.2) is 41.4 Å². The highest BCUT2D eigenvalue weighted by Crippen LogP contribution is 2.08. The molecule has 4 N–H and O–H groups in total. The molecule has 1 aromatic heterocycles. The molecule has 15 heavy (non-hydrogen) atoms. The van der Waals surface area contributed by atoms with E-state index in [2.05, 4.69) is 15.3 Å². The number of nitrogens with zero attached hydrogens (tertiary/aromatic N) is 2. The minimum atomic E-state index is 0.0225. The molecule has 0 amide bonds. The number of methoxy groups -OCH3 is 1. The highest BCUT2D eigenvalue weighted by molar-refractivity contribution is 5.43. The van der Waals surface area contributed by atoms with Crippen molar-refractivity contribution in [3.05, 3.63) is 12.4 Å². The monoisotopic (exact) mass is 212 g/mol. The van der Waals surface area contributed by atoms with E-state index in [1.165, 1.54) is 6.33 Å². The fraction of sp³-hybridized carbons (Fsp3) is 0.556. The van der Waals surface area contributed by atoms with Gasteiger partial charge in [0, 0.05) is 19.8 Å². The number of nitrogen functional groups attached to an aromatic ring is 1. The molecule has 1 aromatic rings. The summed E-state index contributed by atoms with van der Waals surface area (Å²) in [5.74, 6) is 1.05. The number of nitrogens with two attached hydrogens (primary N) is 1. The van der Waals surface area contributed by atoms with Gasteiger partial charge in [0.15, 0.2) is 0 Å². The Morgan fingerprint density at radius 1 is 1.60 bits per heavy atom. The standard InChI is InChI=1S/C9H16N4O2/c1-15-5-7(2-3-14)13-9-4-8(10)11-6-12-9/h4,6-7,14H,2-3,5H2,1H3,(H3,10,11,12,13). The van der Waals surface area contributed by atoms with E-state index in [1.54, 1.807) is 13.2 Å². The van der Waals surface area contributed by atoms with Crippen LogP contribution in [0.1, 0.15) is 6.42 Å². The summed E-state index contributed by atoms with van der Waals surface area (Å²) in [6, 6.07) is 1.66. The van der Waals surface area contributed by atoms with E-state index in [0.717, 1.165) is 0 Å². The largest absolute Gasteiger partial charge is 0.396 e. The van der Waals surface area contributed by atoms with Crippen LogP contribution >= 0.6 is 0 Å². The highest BCUT2D eigenvalue weighted by Gasteiger charge is 2.08. The number of anilines is 2. The van der Waals surface area contributed by atoms with Crippen LogP contribution in [-0.2, 0) is 4.74 Å². The molecular formula is C9H16N4O2. The molecule has 1 rings (SSSR count). The number of aliphatic hydroxyl groups excluding tert-OH is 1. The number of ether oxygens (including phenoxy) is 1. The molecule has 0 saturated heterocycles. The van der Waals surface area contributed by atoms with Crippen molar-refractivity contribution in [2.24, 2.45) is 0 Å². The Bertz CT molecular complexity index is 289. The van der Waals surface area contributed by atoms with Crippen LogP contribution in [0, 0.1) is 0 Å². The summed E-state index contributed by atoms with van der Waals surface area (Å²) in [6.07, 6.45) is 1.98. The molecule has 0 aromatic carbocycles. The quantitative estimate of drug-likeness (QED) is 0.608. The molecule has 0 aliphatic heterocycles. The number of aromatic nitrogens is 2. The van der Waals surface area contributed by atoms with Gasteiger partial charge in [0.05, 0.1) is 12.6 Å². The Morgan fingerprint density at radius 3 is 3.00 bits per heavy atom. The van der Waals surface area contributed by atoms with E-state index in [0.29, 0.717) is 24.7 Å². The lowest BCUT2D eigenvalue weighted by Crippen LogP contribution is -2.26. The van der Waals surface area contributed by atoms with E-state index in [-0.39, 0.29) is 12.6 Å². The molecule has 1 heterocycles. The fourth-order valence-corrected chi connectivity index (χ4v) is 1.21. The number of nitrogens with one attached hydrogen (secondary N) is 1. The van der Waals surface area contributed by atoms with Crippen LogP contribution < -0.4 is 11.1 Å². The minimum Gasteiger partial charge on any atom is -0.396 e. The van der Waals surface area contributed by atoms with Crippen LogP contribution in [0.25, 0.3) is 0 Å². The molecule has 0 aliphatic carbocycles. The van der Waals surface area contributed by atoms with Crippen molar-refractivity contribution in [3.8, 4) is 0 Å². The number of hydrogen-bond donors (Lipinski definition) is 3. The van der Waals surface area contributed by atoms with E-state index in [4.69, 9.17) is 15.6 Å². The molecule has 0 fully saturated rings. The lowest BCUT2D eigenvalue weighted by atomic mass is 10.2. The van der Waals surface area contributed by atoms with E-state index in [9.17, 15) is 0 Å². The van der Waals surface area contributed by atoms with Crippen molar-refractivity contribution in [3.63, 3.8) is 0 Å². The predicted molar refractivity (Wildman–Crippen MR) is 57.4 cm³/mol. The van der Waals surface area contributed by atoms with Gasteiger partial charge in [-0.15, -0.1) is 0 Å². The van der Waals surface area contributed by atoms with Gasteiger partial charge < -0.3 is 20.9 Å². The van der Waals surface area contributed by atoms with Gasteiger partial charge in [-0.3, -0.25) is 0 Å². The molecular weight excluding hydrogens is 196 g/mol. The molecule has 0 saturated carbocycles. The van der Waals surface area contributed by atoms with Gasteiger partial charge in [0.2, 0.25) is 0 Å². The number of aliphatic hydroxyl groups is 1. The summed E-state index contributed by atoms with van der Waals surface area (Å²) in [5, 5.41) is 11.9. The summed E-state index contributed by atoms with van der Waals surface area (Å²) in [7, 11) is 1.61. The van der Waals surface area contributed by atoms with Gasteiger partial charge in [-0.1, -0.05) is 0 Å². The number of rotatable bonds is 6. The van der Waals surface area contributed by atoms with Crippen molar-refractivity contribution in [2.45, 2.75) is 12.5 Å². The van der Waals surface area contributed by atoms with E-state index < -0.39 is 0 Å². The Hall–Kier alpha value is -1.40. The molecule has 1 atom stereocenters. The third-order valence-electron chi connectivity index (χ3n) is 1.89. The first kappa shape index (κ1) is 11.7. The molecule has 0 bridgehead atoms. The molecule has 0 aliphatic rings. The Labute approximate surface area is 88.5 Å². The van der Waals surface area contributed by atoms with Crippen molar-refractivity contribution in [1.29, 1.82) is 0 Å². The second-order valence-corrected chi connectivity index (χ2v) is 3.14. The van der Waals surface area contributed by atoms with Gasteiger partial charge in [-0.05, 0) is 6.42 Å². The number of hydrogen-bond acceptors (Lipinski definition) is 6. The third-order valence-corrected chi connectivity index (χ3v) is 1.89. The van der Waals surface area contributed by atoms with Crippen molar-refractivity contribution in [2.75, 3.05) is 31.4 Å². The average Bonchev–Trinajstić information content (AvgIpc) is 2.18. The maximum absolute atomic E-state index is 8.84. The fourth-order valence-electron chi connectivity index (χ4n) is 1.21. The van der Waals surface area contributed by atoms with Crippen molar-refractivity contribution >= 4 is 11.6 Å². The average molecular weight is 212 g/mol. The zero-order valence-corrected chi connectivity index (χ0v) is 8.68. The van der Waals surface area contributed by atoms with Crippen molar-refractivity contribution in [1.82, 2.24) is 9.97 Å². The molecule has 84 valence electrons. The zero-order chi connectivity index (χ0) is 11.1.